The Morgan fingerprint density at radius 3 is 1.77 bits per heavy atom. The van der Waals surface area contributed by atoms with E-state index in [1.165, 1.54) is 0 Å². The Morgan fingerprint density at radius 2 is 1.54 bits per heavy atom. The van der Waals surface area contributed by atoms with E-state index in [4.69, 9.17) is 10.3 Å². The highest BCUT2D eigenvalue weighted by atomic mass is 31.2. The third-order valence-corrected chi connectivity index (χ3v) is 5.13. The van der Waals surface area contributed by atoms with E-state index in [1.54, 1.807) is 0 Å². The summed E-state index contributed by atoms with van der Waals surface area (Å²) >= 11 is 0. The topological polar surface area (TPSA) is 52.3 Å². The van der Waals surface area contributed by atoms with Crippen molar-refractivity contribution in [3.05, 3.63) is 0 Å². The summed E-state index contributed by atoms with van der Waals surface area (Å²) in [6.45, 7) is 7.68. The van der Waals surface area contributed by atoms with Gasteiger partial charge in [-0.2, -0.15) is 0 Å². The van der Waals surface area contributed by atoms with Crippen molar-refractivity contribution in [1.82, 2.24) is 0 Å². The first-order valence-corrected chi connectivity index (χ1v) is 7.02. The van der Waals surface area contributed by atoms with E-state index in [2.05, 4.69) is 0 Å². The van der Waals surface area contributed by atoms with E-state index in [0.29, 0.717) is 25.2 Å². The normalized spacial score (nSPS) is 13.3. The maximum Gasteiger partial charge on any atom is 0.204 e. The molecule has 4 heteroatoms. The molecule has 0 atom stereocenters. The smallest absolute Gasteiger partial charge is 0.204 e. The van der Waals surface area contributed by atoms with Crippen LogP contribution < -0.4 is 5.73 Å². The molecule has 0 saturated heterocycles. The zero-order valence-electron chi connectivity index (χ0n) is 9.17. The lowest BCUT2D eigenvalue weighted by molar-refractivity contribution is 0.0709. The molecule has 0 aliphatic carbocycles. The first-order chi connectivity index (χ1) is 5.95. The van der Waals surface area contributed by atoms with E-state index in [0.717, 1.165) is 0 Å². The van der Waals surface area contributed by atoms with Crippen LogP contribution in [0.25, 0.3) is 0 Å². The number of rotatable bonds is 6. The molecule has 0 saturated carbocycles. The Morgan fingerprint density at radius 1 is 1.15 bits per heavy atom. The minimum Gasteiger partial charge on any atom is -0.307 e. The van der Waals surface area contributed by atoms with Gasteiger partial charge in [0.2, 0.25) is 7.37 Å². The van der Waals surface area contributed by atoms with Gasteiger partial charge in [-0.3, -0.25) is 4.57 Å². The van der Waals surface area contributed by atoms with Gasteiger partial charge in [0.05, 0.1) is 0 Å². The van der Waals surface area contributed by atoms with E-state index >= 15 is 0 Å². The fraction of sp³-hybridized carbons (Fsp3) is 1.00. The predicted molar refractivity (Wildman–Crippen MR) is 57.3 cm³/mol. The van der Waals surface area contributed by atoms with Crippen molar-refractivity contribution < 1.29 is 9.09 Å². The van der Waals surface area contributed by atoms with Crippen LogP contribution in [0.2, 0.25) is 0 Å². The largest absolute Gasteiger partial charge is 0.307 e. The Bertz CT molecular complexity index is 182. The Balaban J connectivity index is 4.46. The molecule has 0 aromatic rings. The number of hydrogen-bond acceptors (Lipinski definition) is 3. The van der Waals surface area contributed by atoms with Gasteiger partial charge < -0.3 is 10.3 Å². The molecule has 0 heterocycles. The van der Waals surface area contributed by atoms with Crippen LogP contribution in [0.3, 0.4) is 0 Å². The standard InChI is InChI=1S/C9H22NO2P/c1-5-9(10,6-2)12-13(11,7-3)8-4/h5-8,10H2,1-4H3. The van der Waals surface area contributed by atoms with E-state index < -0.39 is 13.1 Å². The highest BCUT2D eigenvalue weighted by Crippen LogP contribution is 2.49. The molecule has 0 unspecified atom stereocenters. The SMILES string of the molecule is CCC(N)(CC)OP(=O)(CC)CC. The molecule has 2 N–H and O–H groups in total. The second-order valence-electron chi connectivity index (χ2n) is 3.31. The summed E-state index contributed by atoms with van der Waals surface area (Å²) in [7, 11) is -2.46. The molecular formula is C9H22NO2P. The minimum absolute atomic E-state index is 0.572. The summed E-state index contributed by atoms with van der Waals surface area (Å²) in [6.07, 6.45) is 2.55. The average molecular weight is 207 g/mol. The summed E-state index contributed by atoms with van der Waals surface area (Å²) in [4.78, 5) is 0. The highest BCUT2D eigenvalue weighted by molar-refractivity contribution is 7.58. The molecule has 0 amide bonds. The second kappa shape index (κ2) is 5.14. The fourth-order valence-corrected chi connectivity index (χ4v) is 2.69. The molecule has 0 aliphatic rings. The molecule has 80 valence electrons. The molecule has 3 nitrogen and oxygen atoms in total. The fourth-order valence-electron chi connectivity index (χ4n) is 1.06. The molecule has 0 radical (unpaired) electrons. The Hall–Kier alpha value is 0.150. The first-order valence-electron chi connectivity index (χ1n) is 5.03. The van der Waals surface area contributed by atoms with Gasteiger partial charge in [0.15, 0.2) is 0 Å². The van der Waals surface area contributed by atoms with Gasteiger partial charge >= 0.3 is 0 Å². The van der Waals surface area contributed by atoms with Gasteiger partial charge in [-0.1, -0.05) is 27.7 Å². The average Bonchev–Trinajstić information content (AvgIpc) is 2.17. The van der Waals surface area contributed by atoms with Crippen molar-refractivity contribution in [2.45, 2.75) is 46.3 Å². The van der Waals surface area contributed by atoms with Gasteiger partial charge in [-0.25, -0.2) is 0 Å². The summed E-state index contributed by atoms with van der Waals surface area (Å²) in [5.74, 6) is 0. The molecule has 0 aliphatic heterocycles. The molecule has 0 aromatic carbocycles. The van der Waals surface area contributed by atoms with Gasteiger partial charge in [0.25, 0.3) is 0 Å². The van der Waals surface area contributed by atoms with Crippen LogP contribution in [-0.4, -0.2) is 18.0 Å². The van der Waals surface area contributed by atoms with Crippen molar-refractivity contribution in [1.29, 1.82) is 0 Å². The zero-order valence-corrected chi connectivity index (χ0v) is 10.1. The summed E-state index contributed by atoms with van der Waals surface area (Å²) in [6, 6.07) is 0. The Kier molecular flexibility index (Phi) is 5.19. The summed E-state index contributed by atoms with van der Waals surface area (Å²) in [5, 5.41) is 0. The van der Waals surface area contributed by atoms with Crippen molar-refractivity contribution >= 4 is 7.37 Å². The molecular weight excluding hydrogens is 185 g/mol. The van der Waals surface area contributed by atoms with Crippen molar-refractivity contribution in [2.75, 3.05) is 12.3 Å². The quantitative estimate of drug-likeness (QED) is 0.538. The summed E-state index contributed by atoms with van der Waals surface area (Å²) in [5.41, 5.74) is 5.25. The van der Waals surface area contributed by atoms with Crippen LogP contribution in [0.1, 0.15) is 40.5 Å². The third-order valence-electron chi connectivity index (χ3n) is 2.51. The van der Waals surface area contributed by atoms with E-state index in [1.807, 2.05) is 27.7 Å². The maximum absolute atomic E-state index is 12.0. The predicted octanol–water partition coefficient (Wildman–Crippen LogP) is 2.80. The van der Waals surface area contributed by atoms with Crippen LogP contribution >= 0.6 is 7.37 Å². The molecule has 0 fully saturated rings. The third kappa shape index (κ3) is 3.80. The van der Waals surface area contributed by atoms with Crippen molar-refractivity contribution in [3.8, 4) is 0 Å². The molecule has 0 rings (SSSR count). The Labute approximate surface area is 81.5 Å². The van der Waals surface area contributed by atoms with E-state index in [-0.39, 0.29) is 0 Å². The number of nitrogens with two attached hydrogens (primary N) is 1. The molecule has 13 heavy (non-hydrogen) atoms. The van der Waals surface area contributed by atoms with Gasteiger partial charge in [-0.05, 0) is 12.8 Å². The highest BCUT2D eigenvalue weighted by Gasteiger charge is 2.30. The molecule has 0 aromatic heterocycles. The number of hydrogen-bond donors (Lipinski definition) is 1. The van der Waals surface area contributed by atoms with Crippen LogP contribution in [0.4, 0.5) is 0 Å². The summed E-state index contributed by atoms with van der Waals surface area (Å²) < 4.78 is 17.5. The van der Waals surface area contributed by atoms with Gasteiger partial charge in [-0.15, -0.1) is 0 Å². The van der Waals surface area contributed by atoms with Crippen LogP contribution in [0.15, 0.2) is 0 Å². The maximum atomic E-state index is 12.0. The van der Waals surface area contributed by atoms with Crippen molar-refractivity contribution in [2.24, 2.45) is 5.73 Å². The lowest BCUT2D eigenvalue weighted by atomic mass is 10.1. The second-order valence-corrected chi connectivity index (χ2v) is 6.39. The molecule has 0 bridgehead atoms. The first kappa shape index (κ1) is 13.2. The molecule has 0 spiro atoms. The lowest BCUT2D eigenvalue weighted by Gasteiger charge is -2.31. The van der Waals surface area contributed by atoms with Crippen LogP contribution in [0.5, 0.6) is 0 Å². The van der Waals surface area contributed by atoms with Crippen molar-refractivity contribution in [3.63, 3.8) is 0 Å². The van der Waals surface area contributed by atoms with Gasteiger partial charge in [0.1, 0.15) is 5.72 Å². The van der Waals surface area contributed by atoms with E-state index in [9.17, 15) is 4.57 Å². The zero-order chi connectivity index (χ0) is 10.5. The lowest BCUT2D eigenvalue weighted by Crippen LogP contribution is -2.40. The van der Waals surface area contributed by atoms with Crippen LogP contribution in [0, 0.1) is 0 Å². The minimum atomic E-state index is -2.46. The van der Waals surface area contributed by atoms with Gasteiger partial charge in [0, 0.05) is 12.3 Å². The van der Waals surface area contributed by atoms with Crippen LogP contribution in [-0.2, 0) is 9.09 Å². The monoisotopic (exact) mass is 207 g/mol.